The maximum atomic E-state index is 13.2. The Morgan fingerprint density at radius 2 is 1.96 bits per heavy atom. The van der Waals surface area contributed by atoms with Gasteiger partial charge in [-0.2, -0.15) is 0 Å². The smallest absolute Gasteiger partial charge is 0.260 e. The van der Waals surface area contributed by atoms with Crippen molar-refractivity contribution >= 4 is 11.6 Å². The molecule has 1 amide bonds. The molecule has 2 aliphatic rings. The molecule has 0 aliphatic carbocycles. The Morgan fingerprint density at radius 3 is 2.87 bits per heavy atom. The van der Waals surface area contributed by atoms with E-state index in [1.165, 1.54) is 16.7 Å². The number of carbonyl (C=O) groups is 1. The van der Waals surface area contributed by atoms with Gasteiger partial charge >= 0.3 is 0 Å². The highest BCUT2D eigenvalue weighted by Gasteiger charge is 2.27. The lowest BCUT2D eigenvalue weighted by Gasteiger charge is -2.31. The lowest BCUT2D eigenvalue weighted by atomic mass is 9.95. The number of anilines is 1. The molecule has 0 spiro atoms. The number of likely N-dealkylation sites (N-methyl/N-ethyl adjacent to an activating group) is 1. The summed E-state index contributed by atoms with van der Waals surface area (Å²) >= 11 is 0. The van der Waals surface area contributed by atoms with Gasteiger partial charge in [0.1, 0.15) is 0 Å². The zero-order valence-electron chi connectivity index (χ0n) is 13.5. The van der Waals surface area contributed by atoms with E-state index in [4.69, 9.17) is 0 Å². The predicted molar refractivity (Wildman–Crippen MR) is 90.7 cm³/mol. The summed E-state index contributed by atoms with van der Waals surface area (Å²) in [6.07, 6.45) is 6.66. The molecule has 2 aliphatic heterocycles. The monoisotopic (exact) mass is 307 g/mol. The van der Waals surface area contributed by atoms with Crippen LogP contribution in [0, 0.1) is 0 Å². The minimum absolute atomic E-state index is 0.103. The second kappa shape index (κ2) is 5.78. The van der Waals surface area contributed by atoms with Crippen LogP contribution in [-0.4, -0.2) is 35.9 Å². The van der Waals surface area contributed by atoms with Crippen LogP contribution in [0.3, 0.4) is 0 Å². The van der Waals surface area contributed by atoms with Crippen molar-refractivity contribution in [3.63, 3.8) is 0 Å². The number of para-hydroxylation sites is 1. The van der Waals surface area contributed by atoms with Crippen molar-refractivity contribution in [3.05, 3.63) is 58.9 Å². The molecule has 0 N–H and O–H groups in total. The van der Waals surface area contributed by atoms with Crippen molar-refractivity contribution in [2.75, 3.05) is 25.0 Å². The first-order chi connectivity index (χ1) is 11.2. The first-order valence-electron chi connectivity index (χ1n) is 8.28. The van der Waals surface area contributed by atoms with Crippen molar-refractivity contribution in [2.45, 2.75) is 25.8 Å². The average molecular weight is 307 g/mol. The molecule has 0 saturated heterocycles. The average Bonchev–Trinajstić information content (AvgIpc) is 2.60. The van der Waals surface area contributed by atoms with Gasteiger partial charge in [0.05, 0.1) is 5.56 Å². The highest BCUT2D eigenvalue weighted by Crippen LogP contribution is 2.30. The van der Waals surface area contributed by atoms with Gasteiger partial charge in [-0.1, -0.05) is 18.2 Å². The topological polar surface area (TPSA) is 36.4 Å². The minimum Gasteiger partial charge on any atom is -0.308 e. The van der Waals surface area contributed by atoms with E-state index in [9.17, 15) is 4.79 Å². The molecular weight excluding hydrogens is 286 g/mol. The fourth-order valence-corrected chi connectivity index (χ4v) is 3.71. The first-order valence-corrected chi connectivity index (χ1v) is 8.28. The number of rotatable bonds is 1. The molecule has 0 radical (unpaired) electrons. The maximum absolute atomic E-state index is 13.2. The van der Waals surface area contributed by atoms with Crippen LogP contribution < -0.4 is 4.90 Å². The number of hydrogen-bond donors (Lipinski definition) is 0. The number of amides is 1. The van der Waals surface area contributed by atoms with E-state index in [-0.39, 0.29) is 5.91 Å². The highest BCUT2D eigenvalue weighted by molar-refractivity contribution is 6.07. The van der Waals surface area contributed by atoms with Crippen LogP contribution >= 0.6 is 0 Å². The van der Waals surface area contributed by atoms with Crippen LogP contribution in [0.25, 0.3) is 0 Å². The van der Waals surface area contributed by atoms with Crippen molar-refractivity contribution in [2.24, 2.45) is 0 Å². The summed E-state index contributed by atoms with van der Waals surface area (Å²) in [5, 5.41) is 0. The van der Waals surface area contributed by atoms with Crippen LogP contribution in [-0.2, 0) is 19.4 Å². The number of nitrogens with zero attached hydrogens (tertiary/aromatic N) is 3. The standard InChI is InChI=1S/C19H21N3O/c1-21-10-8-16-15(13-21)11-20-12-17(16)19(23)22-9-4-6-14-5-2-3-7-18(14)22/h2-3,5,7,11-12H,4,6,8-10,13H2,1H3. The van der Waals surface area contributed by atoms with Crippen LogP contribution in [0.4, 0.5) is 5.69 Å². The Kier molecular flexibility index (Phi) is 3.62. The normalized spacial score (nSPS) is 17.5. The summed E-state index contributed by atoms with van der Waals surface area (Å²) in [6.45, 7) is 2.66. The van der Waals surface area contributed by atoms with E-state index in [1.54, 1.807) is 6.20 Å². The lowest BCUT2D eigenvalue weighted by Crippen LogP contribution is -2.37. The van der Waals surface area contributed by atoms with E-state index in [1.807, 2.05) is 17.2 Å². The Bertz CT molecular complexity index is 756. The van der Waals surface area contributed by atoms with Crippen molar-refractivity contribution in [3.8, 4) is 0 Å². The quantitative estimate of drug-likeness (QED) is 0.813. The third-order valence-electron chi connectivity index (χ3n) is 4.92. The molecule has 3 heterocycles. The number of fused-ring (bicyclic) bond motifs is 2. The molecule has 1 aromatic heterocycles. The van der Waals surface area contributed by atoms with Gasteiger partial charge in [0.2, 0.25) is 0 Å². The summed E-state index contributed by atoms with van der Waals surface area (Å²) < 4.78 is 0. The van der Waals surface area contributed by atoms with Crippen molar-refractivity contribution < 1.29 is 4.79 Å². The fraction of sp³-hybridized carbons (Fsp3) is 0.368. The molecule has 1 aromatic carbocycles. The van der Waals surface area contributed by atoms with Crippen LogP contribution in [0.1, 0.15) is 33.5 Å². The van der Waals surface area contributed by atoms with Crippen molar-refractivity contribution in [1.29, 1.82) is 0 Å². The van der Waals surface area contributed by atoms with Gasteiger partial charge < -0.3 is 9.80 Å². The molecule has 4 heteroatoms. The van der Waals surface area contributed by atoms with Gasteiger partial charge in [-0.05, 0) is 49.1 Å². The first kappa shape index (κ1) is 14.4. The zero-order valence-corrected chi connectivity index (χ0v) is 13.5. The van der Waals surface area contributed by atoms with E-state index in [0.717, 1.165) is 50.1 Å². The van der Waals surface area contributed by atoms with E-state index >= 15 is 0 Å². The Balaban J connectivity index is 1.73. The van der Waals surface area contributed by atoms with E-state index < -0.39 is 0 Å². The van der Waals surface area contributed by atoms with Crippen LogP contribution in [0.2, 0.25) is 0 Å². The molecule has 0 atom stereocenters. The second-order valence-corrected chi connectivity index (χ2v) is 6.50. The van der Waals surface area contributed by atoms with Gasteiger partial charge in [-0.3, -0.25) is 9.78 Å². The lowest BCUT2D eigenvalue weighted by molar-refractivity contribution is 0.0983. The SMILES string of the molecule is CN1CCc2c(cncc2C(=O)N2CCCc3ccccc32)C1. The van der Waals surface area contributed by atoms with Gasteiger partial charge in [-0.15, -0.1) is 0 Å². The van der Waals surface area contributed by atoms with Gasteiger partial charge in [-0.25, -0.2) is 0 Å². The number of carbonyl (C=O) groups excluding carboxylic acids is 1. The third-order valence-corrected chi connectivity index (χ3v) is 4.92. The predicted octanol–water partition coefficient (Wildman–Crippen LogP) is 2.66. The molecule has 0 bridgehead atoms. The molecule has 0 saturated carbocycles. The summed E-state index contributed by atoms with van der Waals surface area (Å²) in [7, 11) is 2.11. The summed E-state index contributed by atoms with van der Waals surface area (Å²) in [5.74, 6) is 0.103. The number of aromatic nitrogens is 1. The number of benzene rings is 1. The van der Waals surface area contributed by atoms with Gasteiger partial charge in [0.15, 0.2) is 0 Å². The van der Waals surface area contributed by atoms with Gasteiger partial charge in [0, 0.05) is 37.7 Å². The molecule has 2 aromatic rings. The highest BCUT2D eigenvalue weighted by atomic mass is 16.2. The Hall–Kier alpha value is -2.20. The summed E-state index contributed by atoms with van der Waals surface area (Å²) in [6, 6.07) is 8.25. The minimum atomic E-state index is 0.103. The zero-order chi connectivity index (χ0) is 15.8. The largest absolute Gasteiger partial charge is 0.308 e. The van der Waals surface area contributed by atoms with E-state index in [2.05, 4.69) is 35.1 Å². The summed E-state index contributed by atoms with van der Waals surface area (Å²) in [4.78, 5) is 21.7. The number of pyridine rings is 1. The van der Waals surface area contributed by atoms with Crippen LogP contribution in [0.15, 0.2) is 36.7 Å². The Labute approximate surface area is 136 Å². The Morgan fingerprint density at radius 1 is 1.09 bits per heavy atom. The summed E-state index contributed by atoms with van der Waals surface area (Å²) in [5.41, 5.74) is 5.49. The van der Waals surface area contributed by atoms with Gasteiger partial charge in [0.25, 0.3) is 5.91 Å². The molecule has 118 valence electrons. The van der Waals surface area contributed by atoms with Crippen LogP contribution in [0.5, 0.6) is 0 Å². The molecular formula is C19H21N3O. The molecule has 4 rings (SSSR count). The molecule has 4 nitrogen and oxygen atoms in total. The third kappa shape index (κ3) is 2.53. The van der Waals surface area contributed by atoms with Crippen molar-refractivity contribution in [1.82, 2.24) is 9.88 Å². The maximum Gasteiger partial charge on any atom is 0.260 e. The second-order valence-electron chi connectivity index (χ2n) is 6.50. The number of hydrogen-bond acceptors (Lipinski definition) is 3. The number of aryl methyl sites for hydroxylation is 1. The fourth-order valence-electron chi connectivity index (χ4n) is 3.71. The van der Waals surface area contributed by atoms with E-state index in [0.29, 0.717) is 0 Å². The molecule has 0 unspecified atom stereocenters. The molecule has 23 heavy (non-hydrogen) atoms. The molecule has 0 fully saturated rings.